The van der Waals surface area contributed by atoms with E-state index in [-0.39, 0.29) is 17.3 Å². The second-order valence-electron chi connectivity index (χ2n) is 3.66. The van der Waals surface area contributed by atoms with Crippen molar-refractivity contribution < 1.29 is 13.9 Å². The lowest BCUT2D eigenvalue weighted by atomic mass is 10.2. The number of benzene rings is 1. The number of hydrogen-bond acceptors (Lipinski definition) is 3. The predicted molar refractivity (Wildman–Crippen MR) is 69.1 cm³/mol. The van der Waals surface area contributed by atoms with E-state index in [4.69, 9.17) is 11.6 Å². The highest BCUT2D eigenvalue weighted by Gasteiger charge is 2.13. The Morgan fingerprint density at radius 1 is 1.39 bits per heavy atom. The molecule has 1 aromatic heterocycles. The summed E-state index contributed by atoms with van der Waals surface area (Å²) in [4.78, 5) is 0.765. The van der Waals surface area contributed by atoms with Gasteiger partial charge in [-0.25, -0.2) is 8.78 Å². The Labute approximate surface area is 112 Å². The summed E-state index contributed by atoms with van der Waals surface area (Å²) in [5, 5.41) is 14.3. The topological polar surface area (TPSA) is 32.3 Å². The summed E-state index contributed by atoms with van der Waals surface area (Å²) < 4.78 is 26.3. The molecule has 2 rings (SSSR count). The van der Waals surface area contributed by atoms with Crippen LogP contribution in [0.1, 0.15) is 11.0 Å². The molecule has 2 N–H and O–H groups in total. The molecule has 0 aliphatic heterocycles. The maximum Gasteiger partial charge on any atom is 0.150 e. The first-order valence-corrected chi connectivity index (χ1v) is 6.43. The van der Waals surface area contributed by atoms with Crippen LogP contribution in [-0.4, -0.2) is 11.7 Å². The first kappa shape index (κ1) is 13.3. The molecule has 0 saturated heterocycles. The average molecular weight is 290 g/mol. The van der Waals surface area contributed by atoms with E-state index in [0.29, 0.717) is 0 Å². The van der Waals surface area contributed by atoms with E-state index < -0.39 is 17.7 Å². The summed E-state index contributed by atoms with van der Waals surface area (Å²) in [5.74, 6) is -1.51. The first-order chi connectivity index (χ1) is 8.58. The predicted octanol–water partition coefficient (Wildman–Crippen LogP) is 3.83. The Morgan fingerprint density at radius 2 is 2.17 bits per heavy atom. The van der Waals surface area contributed by atoms with Crippen LogP contribution in [0.2, 0.25) is 5.02 Å². The normalized spacial score (nSPS) is 12.4. The Hall–Kier alpha value is -1.17. The molecule has 0 spiro atoms. The molecule has 0 radical (unpaired) electrons. The molecule has 2 aromatic rings. The molecule has 1 heterocycles. The van der Waals surface area contributed by atoms with Gasteiger partial charge in [-0.15, -0.1) is 11.3 Å². The Bertz CT molecular complexity index is 510. The quantitative estimate of drug-likeness (QED) is 0.897. The highest BCUT2D eigenvalue weighted by Crippen LogP contribution is 2.27. The minimum absolute atomic E-state index is 0.00586. The lowest BCUT2D eigenvalue weighted by molar-refractivity contribution is 0.195. The van der Waals surface area contributed by atoms with E-state index in [1.54, 1.807) is 6.07 Å². The van der Waals surface area contributed by atoms with Crippen LogP contribution in [-0.2, 0) is 0 Å². The molecule has 6 heteroatoms. The van der Waals surface area contributed by atoms with Crippen molar-refractivity contribution in [3.63, 3.8) is 0 Å². The SMILES string of the molecule is OC(CNc1c(F)cc(F)cc1Cl)c1cccs1. The Kier molecular flexibility index (Phi) is 4.16. The standard InChI is InChI=1S/C12H10ClF2NOS/c13-8-4-7(14)5-9(15)12(8)16-6-10(17)11-2-1-3-18-11/h1-5,10,16-17H,6H2. The minimum atomic E-state index is -0.779. The number of aliphatic hydroxyl groups is 1. The van der Waals surface area contributed by atoms with Crippen LogP contribution in [0, 0.1) is 11.6 Å². The molecule has 0 saturated carbocycles. The van der Waals surface area contributed by atoms with Crippen LogP contribution in [0.5, 0.6) is 0 Å². The summed E-state index contributed by atoms with van der Waals surface area (Å²) in [5.41, 5.74) is -0.00586. The van der Waals surface area contributed by atoms with Crippen molar-refractivity contribution in [3.05, 3.63) is 51.2 Å². The molecule has 0 aliphatic carbocycles. The molecule has 2 nitrogen and oxygen atoms in total. The van der Waals surface area contributed by atoms with E-state index in [2.05, 4.69) is 5.32 Å². The largest absolute Gasteiger partial charge is 0.386 e. The summed E-state index contributed by atoms with van der Waals surface area (Å²) >= 11 is 7.12. The van der Waals surface area contributed by atoms with E-state index in [9.17, 15) is 13.9 Å². The van der Waals surface area contributed by atoms with Crippen LogP contribution in [0.25, 0.3) is 0 Å². The maximum absolute atomic E-state index is 13.4. The van der Waals surface area contributed by atoms with Crippen LogP contribution >= 0.6 is 22.9 Å². The smallest absolute Gasteiger partial charge is 0.150 e. The number of halogens is 3. The Morgan fingerprint density at radius 3 is 2.78 bits per heavy atom. The third kappa shape index (κ3) is 2.98. The van der Waals surface area contributed by atoms with Gasteiger partial charge in [-0.3, -0.25) is 0 Å². The highest BCUT2D eigenvalue weighted by molar-refractivity contribution is 7.10. The monoisotopic (exact) mass is 289 g/mol. The molecule has 0 amide bonds. The van der Waals surface area contributed by atoms with Crippen LogP contribution in [0.15, 0.2) is 29.6 Å². The molecule has 18 heavy (non-hydrogen) atoms. The van der Waals surface area contributed by atoms with Crippen molar-refractivity contribution in [1.82, 2.24) is 0 Å². The van der Waals surface area contributed by atoms with Gasteiger partial charge in [0.2, 0.25) is 0 Å². The number of thiophene rings is 1. The van der Waals surface area contributed by atoms with Gasteiger partial charge in [0, 0.05) is 17.5 Å². The first-order valence-electron chi connectivity index (χ1n) is 5.18. The Balaban J connectivity index is 2.07. The van der Waals surface area contributed by atoms with Crippen molar-refractivity contribution in [2.24, 2.45) is 0 Å². The number of nitrogens with one attached hydrogen (secondary N) is 1. The van der Waals surface area contributed by atoms with Gasteiger partial charge in [0.25, 0.3) is 0 Å². The highest BCUT2D eigenvalue weighted by atomic mass is 35.5. The third-order valence-corrected chi connectivity index (χ3v) is 3.62. The fourth-order valence-electron chi connectivity index (χ4n) is 1.49. The van der Waals surface area contributed by atoms with Gasteiger partial charge < -0.3 is 10.4 Å². The van der Waals surface area contributed by atoms with E-state index in [1.807, 2.05) is 11.4 Å². The van der Waals surface area contributed by atoms with Crippen molar-refractivity contribution in [2.75, 3.05) is 11.9 Å². The lowest BCUT2D eigenvalue weighted by Gasteiger charge is -2.13. The number of aliphatic hydroxyl groups excluding tert-OH is 1. The van der Waals surface area contributed by atoms with Crippen LogP contribution in [0.3, 0.4) is 0 Å². The summed E-state index contributed by atoms with van der Waals surface area (Å²) in [6, 6.07) is 5.35. The van der Waals surface area contributed by atoms with E-state index in [0.717, 1.165) is 17.0 Å². The lowest BCUT2D eigenvalue weighted by Crippen LogP contribution is -2.12. The van der Waals surface area contributed by atoms with Gasteiger partial charge in [-0.2, -0.15) is 0 Å². The van der Waals surface area contributed by atoms with Crippen LogP contribution < -0.4 is 5.32 Å². The molecular weight excluding hydrogens is 280 g/mol. The number of anilines is 1. The van der Waals surface area contributed by atoms with Gasteiger partial charge >= 0.3 is 0 Å². The minimum Gasteiger partial charge on any atom is -0.386 e. The molecular formula is C12H10ClF2NOS. The zero-order valence-electron chi connectivity index (χ0n) is 9.16. The van der Waals surface area contributed by atoms with Crippen molar-refractivity contribution in [3.8, 4) is 0 Å². The summed E-state index contributed by atoms with van der Waals surface area (Å²) in [6.07, 6.45) is -0.759. The van der Waals surface area contributed by atoms with Crippen molar-refractivity contribution in [1.29, 1.82) is 0 Å². The van der Waals surface area contributed by atoms with Gasteiger partial charge in [-0.1, -0.05) is 17.7 Å². The summed E-state index contributed by atoms with van der Waals surface area (Å²) in [6.45, 7) is 0.1000. The second kappa shape index (κ2) is 5.65. The fraction of sp³-hybridized carbons (Fsp3) is 0.167. The van der Waals surface area contributed by atoms with Gasteiger partial charge in [0.1, 0.15) is 11.9 Å². The molecule has 0 bridgehead atoms. The zero-order chi connectivity index (χ0) is 13.1. The zero-order valence-corrected chi connectivity index (χ0v) is 10.7. The van der Waals surface area contributed by atoms with Gasteiger partial charge in [0.05, 0.1) is 10.7 Å². The van der Waals surface area contributed by atoms with Crippen LogP contribution in [0.4, 0.5) is 14.5 Å². The molecule has 1 atom stereocenters. The van der Waals surface area contributed by atoms with Gasteiger partial charge in [0.15, 0.2) is 5.82 Å². The van der Waals surface area contributed by atoms with E-state index in [1.165, 1.54) is 11.3 Å². The number of hydrogen-bond donors (Lipinski definition) is 2. The van der Waals surface area contributed by atoms with E-state index >= 15 is 0 Å². The summed E-state index contributed by atoms with van der Waals surface area (Å²) in [7, 11) is 0. The number of rotatable bonds is 4. The average Bonchev–Trinajstić information content (AvgIpc) is 2.80. The molecule has 1 unspecified atom stereocenters. The van der Waals surface area contributed by atoms with Gasteiger partial charge in [-0.05, 0) is 17.5 Å². The molecule has 96 valence electrons. The van der Waals surface area contributed by atoms with Crippen molar-refractivity contribution >= 4 is 28.6 Å². The fourth-order valence-corrected chi connectivity index (χ4v) is 2.46. The van der Waals surface area contributed by atoms with Crippen molar-refractivity contribution in [2.45, 2.75) is 6.10 Å². The molecule has 1 aromatic carbocycles. The molecule has 0 aliphatic rings. The second-order valence-corrected chi connectivity index (χ2v) is 5.04. The third-order valence-electron chi connectivity index (χ3n) is 2.35. The maximum atomic E-state index is 13.4. The molecule has 0 fully saturated rings.